The lowest BCUT2D eigenvalue weighted by atomic mass is 10.1. The number of amides is 1. The first-order valence-electron chi connectivity index (χ1n) is 6.94. The van der Waals surface area contributed by atoms with Gasteiger partial charge in [-0.3, -0.25) is 4.79 Å². The van der Waals surface area contributed by atoms with E-state index in [1.54, 1.807) is 37.4 Å². The fraction of sp³-hybridized carbons (Fsp3) is 0.118. The third-order valence-electron chi connectivity index (χ3n) is 3.29. The van der Waals surface area contributed by atoms with Gasteiger partial charge in [-0.1, -0.05) is 6.07 Å². The van der Waals surface area contributed by atoms with Crippen molar-refractivity contribution in [2.45, 2.75) is 6.61 Å². The van der Waals surface area contributed by atoms with Crippen LogP contribution in [-0.2, 0) is 6.61 Å². The van der Waals surface area contributed by atoms with E-state index < -0.39 is 0 Å². The van der Waals surface area contributed by atoms with Crippen molar-refractivity contribution in [3.05, 3.63) is 58.5 Å². The van der Waals surface area contributed by atoms with Gasteiger partial charge in [-0.2, -0.15) is 0 Å². The van der Waals surface area contributed by atoms with Gasteiger partial charge in [0.2, 0.25) is 0 Å². The average molecular weight is 329 g/mol. The number of hydrogen-bond donors (Lipinski definition) is 2. The molecule has 0 unspecified atom stereocenters. The van der Waals surface area contributed by atoms with Gasteiger partial charge in [-0.15, -0.1) is 11.3 Å². The Kier molecular flexibility index (Phi) is 4.45. The van der Waals surface area contributed by atoms with Gasteiger partial charge < -0.3 is 19.6 Å². The van der Waals surface area contributed by atoms with Crippen LogP contribution in [0.3, 0.4) is 0 Å². The van der Waals surface area contributed by atoms with Crippen molar-refractivity contribution in [2.75, 3.05) is 12.4 Å². The van der Waals surface area contributed by atoms with Crippen LogP contribution in [0.5, 0.6) is 5.75 Å². The van der Waals surface area contributed by atoms with Crippen molar-refractivity contribution >= 4 is 22.9 Å². The van der Waals surface area contributed by atoms with Gasteiger partial charge in [0, 0.05) is 11.8 Å². The van der Waals surface area contributed by atoms with Gasteiger partial charge in [0.15, 0.2) is 0 Å². The average Bonchev–Trinajstić information content (AvgIpc) is 3.26. The number of carbonyl (C=O) groups excluding carboxylic acids is 1. The second kappa shape index (κ2) is 6.68. The Bertz CT molecular complexity index is 808. The molecule has 2 heterocycles. The molecule has 2 N–H and O–H groups in total. The first-order chi connectivity index (χ1) is 11.2. The monoisotopic (exact) mass is 329 g/mol. The minimum atomic E-state index is -0.157. The molecule has 3 rings (SSSR count). The molecule has 0 aliphatic carbocycles. The molecule has 23 heavy (non-hydrogen) atoms. The Labute approximate surface area is 137 Å². The minimum Gasteiger partial charge on any atom is -0.496 e. The zero-order valence-corrected chi connectivity index (χ0v) is 13.2. The molecule has 0 aliphatic rings. The molecule has 1 amide bonds. The first-order valence-corrected chi connectivity index (χ1v) is 7.82. The number of anilines is 1. The van der Waals surface area contributed by atoms with Crippen LogP contribution in [0.1, 0.15) is 15.4 Å². The molecule has 0 bridgehead atoms. The summed E-state index contributed by atoms with van der Waals surface area (Å²) < 4.78 is 10.9. The highest BCUT2D eigenvalue weighted by Gasteiger charge is 2.13. The second-order valence-corrected chi connectivity index (χ2v) is 5.72. The summed E-state index contributed by atoms with van der Waals surface area (Å²) in [7, 11) is 1.56. The number of aliphatic hydroxyl groups is 1. The molecule has 3 aromatic rings. The zero-order chi connectivity index (χ0) is 16.2. The predicted molar refractivity (Wildman–Crippen MR) is 88.9 cm³/mol. The topological polar surface area (TPSA) is 71.7 Å². The molecular formula is C17H15NO4S. The van der Waals surface area contributed by atoms with Crippen LogP contribution in [0.25, 0.3) is 11.3 Å². The largest absolute Gasteiger partial charge is 0.496 e. The molecule has 0 spiro atoms. The number of hydrogen-bond acceptors (Lipinski definition) is 5. The fourth-order valence-electron chi connectivity index (χ4n) is 2.18. The molecule has 5 nitrogen and oxygen atoms in total. The number of furan rings is 1. The summed E-state index contributed by atoms with van der Waals surface area (Å²) >= 11 is 1.38. The Hall–Kier alpha value is -2.57. The molecular weight excluding hydrogens is 314 g/mol. The number of thiophene rings is 1. The highest BCUT2D eigenvalue weighted by atomic mass is 32.1. The molecule has 118 valence electrons. The maximum Gasteiger partial charge on any atom is 0.265 e. The number of rotatable bonds is 5. The summed E-state index contributed by atoms with van der Waals surface area (Å²) in [4.78, 5) is 12.7. The molecule has 6 heteroatoms. The minimum absolute atomic E-state index is 0.155. The van der Waals surface area contributed by atoms with Crippen LogP contribution in [0.15, 0.2) is 52.3 Å². The van der Waals surface area contributed by atoms with Crippen LogP contribution >= 0.6 is 11.3 Å². The van der Waals surface area contributed by atoms with E-state index in [0.717, 1.165) is 5.56 Å². The highest BCUT2D eigenvalue weighted by molar-refractivity contribution is 7.12. The lowest BCUT2D eigenvalue weighted by molar-refractivity contribution is 0.103. The number of ether oxygens (including phenoxy) is 1. The van der Waals surface area contributed by atoms with E-state index in [9.17, 15) is 4.79 Å². The summed E-state index contributed by atoms with van der Waals surface area (Å²) in [6.45, 7) is -0.155. The number of carbonyl (C=O) groups is 1. The maximum absolute atomic E-state index is 12.1. The summed E-state index contributed by atoms with van der Waals surface area (Å²) in [6.07, 6.45) is 0. The fourth-order valence-corrected chi connectivity index (χ4v) is 2.80. The second-order valence-electron chi connectivity index (χ2n) is 4.77. The van der Waals surface area contributed by atoms with Crippen molar-refractivity contribution in [2.24, 2.45) is 0 Å². The molecule has 2 aromatic heterocycles. The number of benzene rings is 1. The third kappa shape index (κ3) is 3.28. The normalized spacial score (nSPS) is 10.5. The van der Waals surface area contributed by atoms with Crippen LogP contribution < -0.4 is 10.1 Å². The van der Waals surface area contributed by atoms with Crippen LogP contribution in [0.2, 0.25) is 0 Å². The van der Waals surface area contributed by atoms with Crippen molar-refractivity contribution in [1.82, 2.24) is 0 Å². The van der Waals surface area contributed by atoms with Gasteiger partial charge in [0.1, 0.15) is 23.9 Å². The van der Waals surface area contributed by atoms with E-state index in [1.807, 2.05) is 17.5 Å². The van der Waals surface area contributed by atoms with E-state index in [0.29, 0.717) is 27.8 Å². The molecule has 0 saturated heterocycles. The summed E-state index contributed by atoms with van der Waals surface area (Å²) in [5.41, 5.74) is 1.39. The lowest BCUT2D eigenvalue weighted by Gasteiger charge is -2.10. The van der Waals surface area contributed by atoms with E-state index >= 15 is 0 Å². The van der Waals surface area contributed by atoms with E-state index in [4.69, 9.17) is 14.3 Å². The van der Waals surface area contributed by atoms with Crippen molar-refractivity contribution < 1.29 is 19.1 Å². The van der Waals surface area contributed by atoms with Gasteiger partial charge in [0.05, 0.1) is 17.6 Å². The Morgan fingerprint density at radius 2 is 2.17 bits per heavy atom. The third-order valence-corrected chi connectivity index (χ3v) is 4.16. The Balaban J connectivity index is 1.86. The zero-order valence-electron chi connectivity index (χ0n) is 12.4. The Morgan fingerprint density at radius 3 is 2.83 bits per heavy atom. The number of aliphatic hydroxyl groups excluding tert-OH is 1. The van der Waals surface area contributed by atoms with Gasteiger partial charge in [-0.25, -0.2) is 0 Å². The van der Waals surface area contributed by atoms with Gasteiger partial charge in [0.25, 0.3) is 5.91 Å². The summed E-state index contributed by atoms with van der Waals surface area (Å²) in [6, 6.07) is 12.4. The van der Waals surface area contributed by atoms with Crippen LogP contribution in [-0.4, -0.2) is 18.1 Å². The summed E-state index contributed by atoms with van der Waals surface area (Å²) in [5.74, 6) is 1.50. The van der Waals surface area contributed by atoms with E-state index in [2.05, 4.69) is 5.32 Å². The predicted octanol–water partition coefficient (Wildman–Crippen LogP) is 3.76. The van der Waals surface area contributed by atoms with Crippen molar-refractivity contribution in [1.29, 1.82) is 0 Å². The van der Waals surface area contributed by atoms with Crippen molar-refractivity contribution in [3.63, 3.8) is 0 Å². The lowest BCUT2D eigenvalue weighted by Crippen LogP contribution is -2.10. The molecule has 0 saturated carbocycles. The van der Waals surface area contributed by atoms with E-state index in [-0.39, 0.29) is 12.5 Å². The van der Waals surface area contributed by atoms with Gasteiger partial charge in [-0.05, 0) is 35.7 Å². The highest BCUT2D eigenvalue weighted by Crippen LogP contribution is 2.33. The molecule has 0 atom stereocenters. The smallest absolute Gasteiger partial charge is 0.265 e. The van der Waals surface area contributed by atoms with Crippen LogP contribution in [0, 0.1) is 0 Å². The molecule has 1 aromatic carbocycles. The van der Waals surface area contributed by atoms with Gasteiger partial charge >= 0.3 is 0 Å². The summed E-state index contributed by atoms with van der Waals surface area (Å²) in [5, 5.41) is 13.8. The quantitative estimate of drug-likeness (QED) is 0.747. The SMILES string of the molecule is COc1cc(NC(=O)c2cccs2)ccc1-c1ccc(CO)o1. The standard InChI is InChI=1S/C17H15NO4S/c1-21-15-9-11(18-17(20)16-3-2-8-23-16)4-6-13(15)14-7-5-12(10-19)22-14/h2-9,19H,10H2,1H3,(H,18,20). The molecule has 0 fully saturated rings. The Morgan fingerprint density at radius 1 is 1.30 bits per heavy atom. The number of nitrogens with one attached hydrogen (secondary N) is 1. The first kappa shape index (κ1) is 15.3. The number of methoxy groups -OCH3 is 1. The van der Waals surface area contributed by atoms with E-state index in [1.165, 1.54) is 11.3 Å². The van der Waals surface area contributed by atoms with Crippen LogP contribution in [0.4, 0.5) is 5.69 Å². The molecule has 0 aliphatic heterocycles. The molecule has 0 radical (unpaired) electrons. The van der Waals surface area contributed by atoms with Crippen molar-refractivity contribution in [3.8, 4) is 17.1 Å². The maximum atomic E-state index is 12.1.